The van der Waals surface area contributed by atoms with Crippen LogP contribution in [0.2, 0.25) is 0 Å². The van der Waals surface area contributed by atoms with E-state index >= 15 is 0 Å². The van der Waals surface area contributed by atoms with Gasteiger partial charge in [-0.3, -0.25) is 0 Å². The van der Waals surface area contributed by atoms with E-state index in [-0.39, 0.29) is 0 Å². The highest BCUT2D eigenvalue weighted by atomic mass is 16.5. The lowest BCUT2D eigenvalue weighted by atomic mass is 10.1. The molecule has 0 bridgehead atoms. The second-order valence-electron chi connectivity index (χ2n) is 3.55. The number of rotatable bonds is 3. The Labute approximate surface area is 84.5 Å². The van der Waals surface area contributed by atoms with Crippen molar-refractivity contribution in [2.45, 2.75) is 12.5 Å². The third-order valence-corrected chi connectivity index (χ3v) is 2.50. The van der Waals surface area contributed by atoms with Crippen molar-refractivity contribution in [2.24, 2.45) is 0 Å². The van der Waals surface area contributed by atoms with Gasteiger partial charge in [-0.2, -0.15) is 0 Å². The van der Waals surface area contributed by atoms with Crippen molar-refractivity contribution >= 4 is 11.4 Å². The summed E-state index contributed by atoms with van der Waals surface area (Å²) in [6, 6.07) is 8.76. The molecular formula is C11H16N2O. The minimum absolute atomic E-state index is 0.477. The van der Waals surface area contributed by atoms with Crippen molar-refractivity contribution in [1.29, 1.82) is 0 Å². The number of hydrogen-bond acceptors (Lipinski definition) is 3. The molecule has 1 heterocycles. The van der Waals surface area contributed by atoms with Crippen molar-refractivity contribution in [3.63, 3.8) is 0 Å². The molecule has 0 saturated carbocycles. The fourth-order valence-electron chi connectivity index (χ4n) is 1.70. The number of ether oxygens (including phenoxy) is 1. The zero-order chi connectivity index (χ0) is 9.80. The van der Waals surface area contributed by atoms with E-state index in [9.17, 15) is 0 Å². The molecule has 0 amide bonds. The predicted molar refractivity (Wildman–Crippen MR) is 58.8 cm³/mol. The van der Waals surface area contributed by atoms with Gasteiger partial charge in [-0.1, -0.05) is 12.1 Å². The van der Waals surface area contributed by atoms with Crippen LogP contribution in [-0.4, -0.2) is 26.3 Å². The zero-order valence-electron chi connectivity index (χ0n) is 8.42. The van der Waals surface area contributed by atoms with Crippen LogP contribution in [0.25, 0.3) is 0 Å². The molecule has 1 atom stereocenters. The van der Waals surface area contributed by atoms with Gasteiger partial charge in [0.05, 0.1) is 11.4 Å². The number of methoxy groups -OCH3 is 1. The number of hydrogen-bond donors (Lipinski definition) is 2. The van der Waals surface area contributed by atoms with Gasteiger partial charge in [-0.25, -0.2) is 0 Å². The molecule has 1 aliphatic heterocycles. The van der Waals surface area contributed by atoms with Crippen LogP contribution < -0.4 is 10.6 Å². The SMILES string of the molecule is COCCC1CNc2ccccc2N1. The molecule has 1 aromatic rings. The van der Waals surface area contributed by atoms with E-state index in [4.69, 9.17) is 4.74 Å². The van der Waals surface area contributed by atoms with Crippen molar-refractivity contribution in [3.8, 4) is 0 Å². The Balaban J connectivity index is 1.99. The van der Waals surface area contributed by atoms with Gasteiger partial charge in [-0.15, -0.1) is 0 Å². The van der Waals surface area contributed by atoms with Gasteiger partial charge in [0.15, 0.2) is 0 Å². The van der Waals surface area contributed by atoms with Crippen molar-refractivity contribution < 1.29 is 4.74 Å². The lowest BCUT2D eigenvalue weighted by molar-refractivity contribution is 0.190. The van der Waals surface area contributed by atoms with E-state index in [1.165, 1.54) is 11.4 Å². The molecule has 1 aliphatic rings. The van der Waals surface area contributed by atoms with Crippen molar-refractivity contribution in [1.82, 2.24) is 0 Å². The summed E-state index contributed by atoms with van der Waals surface area (Å²) in [5, 5.41) is 6.89. The average Bonchev–Trinajstić information content (AvgIpc) is 2.26. The Bertz CT molecular complexity index is 301. The first-order chi connectivity index (χ1) is 6.90. The highest BCUT2D eigenvalue weighted by Gasteiger charge is 2.15. The van der Waals surface area contributed by atoms with Crippen LogP contribution in [0.4, 0.5) is 11.4 Å². The summed E-state index contributed by atoms with van der Waals surface area (Å²) in [6.45, 7) is 1.78. The lowest BCUT2D eigenvalue weighted by Gasteiger charge is -2.28. The number of fused-ring (bicyclic) bond motifs is 1. The first kappa shape index (κ1) is 9.34. The van der Waals surface area contributed by atoms with Gasteiger partial charge in [0.2, 0.25) is 0 Å². The molecule has 0 saturated heterocycles. The molecule has 1 unspecified atom stereocenters. The molecule has 1 aromatic carbocycles. The minimum atomic E-state index is 0.477. The van der Waals surface area contributed by atoms with E-state index in [0.29, 0.717) is 6.04 Å². The summed E-state index contributed by atoms with van der Waals surface area (Å²) in [7, 11) is 1.74. The maximum atomic E-state index is 5.06. The first-order valence-electron chi connectivity index (χ1n) is 4.98. The standard InChI is InChI=1S/C11H16N2O/c1-14-7-6-9-8-12-10-4-2-3-5-11(10)13-9/h2-5,9,12-13H,6-8H2,1H3. The summed E-state index contributed by atoms with van der Waals surface area (Å²) >= 11 is 0. The molecule has 0 fully saturated rings. The Morgan fingerprint density at radius 1 is 1.36 bits per heavy atom. The van der Waals surface area contributed by atoms with E-state index in [1.54, 1.807) is 7.11 Å². The van der Waals surface area contributed by atoms with Crippen LogP contribution >= 0.6 is 0 Å². The molecule has 76 valence electrons. The molecule has 0 radical (unpaired) electrons. The Kier molecular flexibility index (Phi) is 2.89. The maximum Gasteiger partial charge on any atom is 0.0578 e. The molecular weight excluding hydrogens is 176 g/mol. The molecule has 3 heteroatoms. The van der Waals surface area contributed by atoms with Gasteiger partial charge in [0.1, 0.15) is 0 Å². The topological polar surface area (TPSA) is 33.3 Å². The van der Waals surface area contributed by atoms with E-state index in [0.717, 1.165) is 19.6 Å². The second kappa shape index (κ2) is 4.33. The summed E-state index contributed by atoms with van der Waals surface area (Å²) in [6.07, 6.45) is 1.04. The van der Waals surface area contributed by atoms with Gasteiger partial charge in [0, 0.05) is 26.3 Å². The third-order valence-electron chi connectivity index (χ3n) is 2.50. The van der Waals surface area contributed by atoms with E-state index < -0.39 is 0 Å². The fourth-order valence-corrected chi connectivity index (χ4v) is 1.70. The zero-order valence-corrected chi connectivity index (χ0v) is 8.42. The van der Waals surface area contributed by atoms with Crippen LogP contribution in [-0.2, 0) is 4.74 Å². The van der Waals surface area contributed by atoms with Crippen LogP contribution in [0.5, 0.6) is 0 Å². The van der Waals surface area contributed by atoms with Crippen LogP contribution in [0.1, 0.15) is 6.42 Å². The normalized spacial score (nSPS) is 19.4. The van der Waals surface area contributed by atoms with Crippen LogP contribution in [0, 0.1) is 0 Å². The molecule has 0 aromatic heterocycles. The van der Waals surface area contributed by atoms with E-state index in [2.05, 4.69) is 22.8 Å². The summed E-state index contributed by atoms with van der Waals surface area (Å²) in [5.74, 6) is 0. The van der Waals surface area contributed by atoms with Gasteiger partial charge in [0.25, 0.3) is 0 Å². The monoisotopic (exact) mass is 192 g/mol. The van der Waals surface area contributed by atoms with Gasteiger partial charge in [-0.05, 0) is 18.6 Å². The fraction of sp³-hybridized carbons (Fsp3) is 0.455. The van der Waals surface area contributed by atoms with Crippen molar-refractivity contribution in [2.75, 3.05) is 30.9 Å². The molecule has 2 N–H and O–H groups in total. The van der Waals surface area contributed by atoms with Crippen molar-refractivity contribution in [3.05, 3.63) is 24.3 Å². The summed E-state index contributed by atoms with van der Waals surface area (Å²) in [4.78, 5) is 0. The number of anilines is 2. The molecule has 0 aliphatic carbocycles. The van der Waals surface area contributed by atoms with Gasteiger partial charge < -0.3 is 15.4 Å². The quantitative estimate of drug-likeness (QED) is 0.767. The Hall–Kier alpha value is -1.22. The Morgan fingerprint density at radius 3 is 2.93 bits per heavy atom. The highest BCUT2D eigenvalue weighted by molar-refractivity contribution is 5.70. The molecule has 14 heavy (non-hydrogen) atoms. The largest absolute Gasteiger partial charge is 0.385 e. The van der Waals surface area contributed by atoms with Gasteiger partial charge >= 0.3 is 0 Å². The number of nitrogens with one attached hydrogen (secondary N) is 2. The first-order valence-corrected chi connectivity index (χ1v) is 4.98. The minimum Gasteiger partial charge on any atom is -0.385 e. The van der Waals surface area contributed by atoms with Crippen LogP contribution in [0.15, 0.2) is 24.3 Å². The second-order valence-corrected chi connectivity index (χ2v) is 3.55. The molecule has 3 nitrogen and oxygen atoms in total. The maximum absolute atomic E-state index is 5.06. The highest BCUT2D eigenvalue weighted by Crippen LogP contribution is 2.25. The average molecular weight is 192 g/mol. The smallest absolute Gasteiger partial charge is 0.0578 e. The number of para-hydroxylation sites is 2. The summed E-state index contributed by atoms with van der Waals surface area (Å²) in [5.41, 5.74) is 2.39. The van der Waals surface area contributed by atoms with E-state index in [1.807, 2.05) is 12.1 Å². The van der Waals surface area contributed by atoms with Crippen LogP contribution in [0.3, 0.4) is 0 Å². The predicted octanol–water partition coefficient (Wildman–Crippen LogP) is 1.93. The lowest BCUT2D eigenvalue weighted by Crippen LogP contribution is -2.33. The third kappa shape index (κ3) is 1.99. The Morgan fingerprint density at radius 2 is 2.14 bits per heavy atom. The summed E-state index contributed by atoms with van der Waals surface area (Å²) < 4.78 is 5.06. The molecule has 0 spiro atoms. The number of benzene rings is 1. The molecule has 2 rings (SSSR count).